The molecule has 0 saturated heterocycles. The Morgan fingerprint density at radius 1 is 1.17 bits per heavy atom. The third-order valence-electron chi connectivity index (χ3n) is 4.29. The zero-order valence-electron chi connectivity index (χ0n) is 13.8. The van der Waals surface area contributed by atoms with Crippen molar-refractivity contribution in [2.24, 2.45) is 11.7 Å². The molecule has 1 aromatic carbocycles. The summed E-state index contributed by atoms with van der Waals surface area (Å²) in [5, 5.41) is 5.83. The monoisotopic (exact) mass is 317 g/mol. The summed E-state index contributed by atoms with van der Waals surface area (Å²) in [6, 6.07) is 7.43. The van der Waals surface area contributed by atoms with Crippen molar-refractivity contribution < 1.29 is 9.59 Å². The van der Waals surface area contributed by atoms with E-state index in [1.165, 1.54) is 0 Å². The van der Waals surface area contributed by atoms with E-state index >= 15 is 0 Å². The van der Waals surface area contributed by atoms with Crippen molar-refractivity contribution in [1.82, 2.24) is 10.6 Å². The van der Waals surface area contributed by atoms with E-state index in [2.05, 4.69) is 10.6 Å². The number of amides is 2. The van der Waals surface area contributed by atoms with Gasteiger partial charge < -0.3 is 16.4 Å². The van der Waals surface area contributed by atoms with Crippen LogP contribution in [0.4, 0.5) is 0 Å². The highest BCUT2D eigenvalue weighted by molar-refractivity contribution is 5.94. The molecule has 0 aliphatic heterocycles. The number of nitrogens with two attached hydrogens (primary N) is 1. The second-order valence-corrected chi connectivity index (χ2v) is 6.42. The van der Waals surface area contributed by atoms with Crippen LogP contribution in [0, 0.1) is 5.92 Å². The van der Waals surface area contributed by atoms with Crippen LogP contribution in [0.3, 0.4) is 0 Å². The highest BCUT2D eigenvalue weighted by atomic mass is 16.2. The van der Waals surface area contributed by atoms with E-state index in [1.807, 2.05) is 19.1 Å². The second-order valence-electron chi connectivity index (χ2n) is 6.42. The Morgan fingerprint density at radius 3 is 2.43 bits per heavy atom. The number of rotatable bonds is 7. The molecular weight excluding hydrogens is 290 g/mol. The van der Waals surface area contributed by atoms with Gasteiger partial charge in [0.05, 0.1) is 0 Å². The Morgan fingerprint density at radius 2 is 1.83 bits per heavy atom. The first-order chi connectivity index (χ1) is 11.1. The summed E-state index contributed by atoms with van der Waals surface area (Å²) < 4.78 is 0. The summed E-state index contributed by atoms with van der Waals surface area (Å²) in [7, 11) is 0. The van der Waals surface area contributed by atoms with E-state index in [9.17, 15) is 9.59 Å². The van der Waals surface area contributed by atoms with Gasteiger partial charge in [-0.2, -0.15) is 0 Å². The van der Waals surface area contributed by atoms with Crippen molar-refractivity contribution >= 4 is 11.8 Å². The van der Waals surface area contributed by atoms with Crippen molar-refractivity contribution in [3.05, 3.63) is 35.4 Å². The molecule has 1 fully saturated rings. The molecule has 1 aromatic rings. The predicted molar refractivity (Wildman–Crippen MR) is 90.8 cm³/mol. The van der Waals surface area contributed by atoms with E-state index in [1.54, 1.807) is 12.1 Å². The Balaban J connectivity index is 1.77. The molecule has 23 heavy (non-hydrogen) atoms. The van der Waals surface area contributed by atoms with Gasteiger partial charge in [-0.25, -0.2) is 0 Å². The lowest BCUT2D eigenvalue weighted by molar-refractivity contribution is -0.124. The van der Waals surface area contributed by atoms with Crippen LogP contribution in [0.1, 0.15) is 54.9 Å². The largest absolute Gasteiger partial charge is 0.352 e. The maximum Gasteiger partial charge on any atom is 0.251 e. The molecule has 0 spiro atoms. The summed E-state index contributed by atoms with van der Waals surface area (Å²) in [4.78, 5) is 23.9. The topological polar surface area (TPSA) is 84.2 Å². The first-order valence-corrected chi connectivity index (χ1v) is 8.46. The first kappa shape index (κ1) is 17.5. The van der Waals surface area contributed by atoms with Gasteiger partial charge in [0, 0.05) is 30.6 Å². The molecule has 5 heteroatoms. The van der Waals surface area contributed by atoms with E-state index < -0.39 is 0 Å². The molecule has 5 nitrogen and oxygen atoms in total. The maximum atomic E-state index is 12.0. The van der Waals surface area contributed by atoms with Gasteiger partial charge in [-0.1, -0.05) is 25.0 Å². The minimum Gasteiger partial charge on any atom is -0.352 e. The summed E-state index contributed by atoms with van der Waals surface area (Å²) in [5.41, 5.74) is 7.28. The second kappa shape index (κ2) is 8.67. The molecule has 1 aliphatic rings. The number of nitrogens with one attached hydrogen (secondary N) is 2. The van der Waals surface area contributed by atoms with Gasteiger partial charge >= 0.3 is 0 Å². The highest BCUT2D eigenvalue weighted by Gasteiger charge is 2.22. The average molecular weight is 317 g/mol. The van der Waals surface area contributed by atoms with Crippen molar-refractivity contribution in [2.45, 2.75) is 51.6 Å². The summed E-state index contributed by atoms with van der Waals surface area (Å²) in [6.07, 6.45) is 5.09. The van der Waals surface area contributed by atoms with E-state index in [-0.39, 0.29) is 23.8 Å². The van der Waals surface area contributed by atoms with Crippen molar-refractivity contribution in [3.8, 4) is 0 Å². The third kappa shape index (κ3) is 5.67. The zero-order valence-corrected chi connectivity index (χ0v) is 13.8. The van der Waals surface area contributed by atoms with Gasteiger partial charge in [0.25, 0.3) is 5.91 Å². The minimum atomic E-state index is -0.0906. The molecule has 0 bridgehead atoms. The molecule has 126 valence electrons. The molecule has 0 heterocycles. The van der Waals surface area contributed by atoms with Crippen LogP contribution in [-0.4, -0.2) is 24.4 Å². The van der Waals surface area contributed by atoms with Crippen LogP contribution in [0.15, 0.2) is 24.3 Å². The third-order valence-corrected chi connectivity index (χ3v) is 4.29. The van der Waals surface area contributed by atoms with Gasteiger partial charge in [-0.05, 0) is 43.9 Å². The van der Waals surface area contributed by atoms with Gasteiger partial charge in [0.1, 0.15) is 0 Å². The lowest BCUT2D eigenvalue weighted by atomic mass is 10.1. The smallest absolute Gasteiger partial charge is 0.251 e. The number of hydrogen-bond acceptors (Lipinski definition) is 3. The van der Waals surface area contributed by atoms with Crippen LogP contribution in [0.5, 0.6) is 0 Å². The molecule has 4 N–H and O–H groups in total. The first-order valence-electron chi connectivity index (χ1n) is 8.46. The summed E-state index contributed by atoms with van der Waals surface area (Å²) in [6.45, 7) is 3.01. The van der Waals surface area contributed by atoms with Crippen LogP contribution in [-0.2, 0) is 11.3 Å². The number of carbonyl (C=O) groups is 2. The number of benzene rings is 1. The molecule has 1 saturated carbocycles. The highest BCUT2D eigenvalue weighted by Crippen LogP contribution is 2.24. The van der Waals surface area contributed by atoms with Gasteiger partial charge in [-0.15, -0.1) is 0 Å². The number of hydrogen-bond donors (Lipinski definition) is 3. The van der Waals surface area contributed by atoms with Crippen LogP contribution < -0.4 is 16.4 Å². The predicted octanol–water partition coefficient (Wildman–Crippen LogP) is 1.96. The molecule has 1 unspecified atom stereocenters. The molecule has 1 atom stereocenters. The molecule has 0 radical (unpaired) electrons. The lowest BCUT2D eigenvalue weighted by Crippen LogP contribution is -2.29. The molecule has 1 aliphatic carbocycles. The Kier molecular flexibility index (Phi) is 6.59. The Labute approximate surface area is 138 Å². The molecule has 2 rings (SSSR count). The van der Waals surface area contributed by atoms with Gasteiger partial charge in [0.2, 0.25) is 5.91 Å². The molecule has 2 amide bonds. The fourth-order valence-electron chi connectivity index (χ4n) is 2.81. The van der Waals surface area contributed by atoms with Crippen LogP contribution in [0.25, 0.3) is 0 Å². The summed E-state index contributed by atoms with van der Waals surface area (Å²) >= 11 is 0. The Hall–Kier alpha value is -1.88. The molecule has 0 aromatic heterocycles. The van der Waals surface area contributed by atoms with E-state index in [4.69, 9.17) is 5.73 Å². The van der Waals surface area contributed by atoms with Crippen LogP contribution >= 0.6 is 0 Å². The summed E-state index contributed by atoms with van der Waals surface area (Å²) in [5.74, 6) is 0.248. The standard InChI is InChI=1S/C18H27N3O2/c1-13(19)10-11-20-17(22)16-8-6-14(7-9-16)12-21-18(23)15-4-2-3-5-15/h6-9,13,15H,2-5,10-12,19H2,1H3,(H,20,22)(H,21,23). The van der Waals surface area contributed by atoms with Gasteiger partial charge in [-0.3, -0.25) is 9.59 Å². The van der Waals surface area contributed by atoms with Gasteiger partial charge in [0.15, 0.2) is 0 Å². The van der Waals surface area contributed by atoms with Crippen molar-refractivity contribution in [3.63, 3.8) is 0 Å². The lowest BCUT2D eigenvalue weighted by Gasteiger charge is -2.11. The number of carbonyl (C=O) groups excluding carboxylic acids is 2. The quantitative estimate of drug-likeness (QED) is 0.719. The van der Waals surface area contributed by atoms with Crippen molar-refractivity contribution in [2.75, 3.05) is 6.54 Å². The normalized spacial score (nSPS) is 16.1. The fraction of sp³-hybridized carbons (Fsp3) is 0.556. The van der Waals surface area contributed by atoms with Crippen molar-refractivity contribution in [1.29, 1.82) is 0 Å². The molecular formula is C18H27N3O2. The van der Waals surface area contributed by atoms with E-state index in [0.717, 1.165) is 37.7 Å². The maximum absolute atomic E-state index is 12.0. The fourth-order valence-corrected chi connectivity index (χ4v) is 2.81. The SMILES string of the molecule is CC(N)CCNC(=O)c1ccc(CNC(=O)C2CCCC2)cc1. The van der Waals surface area contributed by atoms with E-state index in [0.29, 0.717) is 18.7 Å². The zero-order chi connectivity index (χ0) is 16.7. The Bertz CT molecular complexity index is 520. The minimum absolute atomic E-state index is 0.0844. The average Bonchev–Trinajstić information content (AvgIpc) is 3.07. The van der Waals surface area contributed by atoms with Crippen LogP contribution in [0.2, 0.25) is 0 Å².